The van der Waals surface area contributed by atoms with Gasteiger partial charge in [-0.05, 0) is 79.3 Å². The van der Waals surface area contributed by atoms with Crippen LogP contribution in [0.4, 0.5) is 0 Å². The van der Waals surface area contributed by atoms with Crippen LogP contribution < -0.4 is 4.74 Å². The predicted molar refractivity (Wildman–Crippen MR) is 107 cm³/mol. The van der Waals surface area contributed by atoms with Crippen molar-refractivity contribution < 1.29 is 4.74 Å². The molecule has 1 atom stereocenters. The molecule has 0 spiro atoms. The molecule has 0 aromatic heterocycles. The number of allylic oxidation sites excluding steroid dienone is 1. The van der Waals surface area contributed by atoms with E-state index in [4.69, 9.17) is 4.74 Å². The molecule has 0 amide bonds. The Morgan fingerprint density at radius 1 is 1.08 bits per heavy atom. The minimum atomic E-state index is 0.657. The Bertz CT molecular complexity index is 697. The zero-order chi connectivity index (χ0) is 17.5. The van der Waals surface area contributed by atoms with Crippen LogP contribution in [0.15, 0.2) is 54.6 Å². The number of hydrogen-bond donors (Lipinski definition) is 0. The Morgan fingerprint density at radius 3 is 2.68 bits per heavy atom. The fourth-order valence-electron chi connectivity index (χ4n) is 3.76. The van der Waals surface area contributed by atoms with Gasteiger partial charge in [0.05, 0.1) is 6.61 Å². The minimum Gasteiger partial charge on any atom is -0.493 e. The van der Waals surface area contributed by atoms with Gasteiger partial charge < -0.3 is 4.74 Å². The van der Waals surface area contributed by atoms with E-state index in [0.717, 1.165) is 31.6 Å². The third-order valence-corrected chi connectivity index (χ3v) is 5.18. The summed E-state index contributed by atoms with van der Waals surface area (Å²) in [6.07, 6.45) is 11.1. The first-order valence-corrected chi connectivity index (χ1v) is 9.74. The van der Waals surface area contributed by atoms with Crippen molar-refractivity contribution in [1.29, 1.82) is 0 Å². The van der Waals surface area contributed by atoms with E-state index in [9.17, 15) is 0 Å². The predicted octanol–water partition coefficient (Wildman–Crippen LogP) is 6.26. The van der Waals surface area contributed by atoms with Crippen LogP contribution in [0.2, 0.25) is 0 Å². The number of benzene rings is 2. The molecule has 0 radical (unpaired) electrons. The van der Waals surface area contributed by atoms with Crippen molar-refractivity contribution in [2.24, 2.45) is 0 Å². The number of ether oxygens (including phenoxy) is 1. The van der Waals surface area contributed by atoms with Crippen LogP contribution in [-0.2, 0) is 19.3 Å². The van der Waals surface area contributed by atoms with Gasteiger partial charge in [-0.1, -0.05) is 55.8 Å². The standard InChI is InChI=1S/C24H30O/c1-3-5-6-16-25-24-15-14-22-17-21(12-13-23(22)18-24)20-10-8-19(7-4-2)9-11-20/h3,5,8-11,14-15,18,21H,4,6-7,12-13,16-17H2,1-2H3. The summed E-state index contributed by atoms with van der Waals surface area (Å²) in [5.41, 5.74) is 5.93. The zero-order valence-corrected chi connectivity index (χ0v) is 15.6. The Morgan fingerprint density at radius 2 is 1.92 bits per heavy atom. The molecule has 1 nitrogen and oxygen atoms in total. The Hall–Kier alpha value is -2.02. The molecule has 0 N–H and O–H groups in total. The summed E-state index contributed by atoms with van der Waals surface area (Å²) in [4.78, 5) is 0. The van der Waals surface area contributed by atoms with Gasteiger partial charge in [-0.15, -0.1) is 0 Å². The molecule has 3 rings (SSSR count). The second-order valence-corrected chi connectivity index (χ2v) is 7.07. The molecule has 0 saturated carbocycles. The first-order valence-electron chi connectivity index (χ1n) is 9.74. The van der Waals surface area contributed by atoms with Crippen LogP contribution in [0.25, 0.3) is 0 Å². The van der Waals surface area contributed by atoms with Crippen LogP contribution in [-0.4, -0.2) is 6.61 Å². The average Bonchev–Trinajstić information content (AvgIpc) is 2.66. The normalized spacial score (nSPS) is 16.8. The Labute approximate surface area is 152 Å². The lowest BCUT2D eigenvalue weighted by Gasteiger charge is -2.25. The summed E-state index contributed by atoms with van der Waals surface area (Å²) in [6.45, 7) is 5.05. The van der Waals surface area contributed by atoms with E-state index in [2.05, 4.69) is 61.5 Å². The molecule has 1 aliphatic rings. The summed E-state index contributed by atoms with van der Waals surface area (Å²) in [6, 6.07) is 16.0. The number of hydrogen-bond acceptors (Lipinski definition) is 1. The summed E-state index contributed by atoms with van der Waals surface area (Å²) in [7, 11) is 0. The molecule has 0 fully saturated rings. The topological polar surface area (TPSA) is 9.23 Å². The van der Waals surface area contributed by atoms with Crippen molar-refractivity contribution in [3.8, 4) is 5.75 Å². The average molecular weight is 335 g/mol. The van der Waals surface area contributed by atoms with Crippen LogP contribution in [0.1, 0.15) is 61.3 Å². The van der Waals surface area contributed by atoms with Gasteiger partial charge in [-0.2, -0.15) is 0 Å². The number of aryl methyl sites for hydroxylation is 2. The number of rotatable bonds is 7. The SMILES string of the molecule is CC=CCCOc1ccc2c(c1)CCC(c1ccc(CCC)cc1)C2. The highest BCUT2D eigenvalue weighted by Crippen LogP contribution is 2.34. The van der Waals surface area contributed by atoms with E-state index < -0.39 is 0 Å². The van der Waals surface area contributed by atoms with E-state index in [1.807, 2.05) is 6.92 Å². The van der Waals surface area contributed by atoms with Gasteiger partial charge in [0.15, 0.2) is 0 Å². The lowest BCUT2D eigenvalue weighted by molar-refractivity contribution is 0.324. The summed E-state index contributed by atoms with van der Waals surface area (Å²) in [5.74, 6) is 1.68. The summed E-state index contributed by atoms with van der Waals surface area (Å²) >= 11 is 0. The molecule has 25 heavy (non-hydrogen) atoms. The Balaban J connectivity index is 1.63. The van der Waals surface area contributed by atoms with E-state index in [1.54, 1.807) is 0 Å². The third-order valence-electron chi connectivity index (χ3n) is 5.18. The molecular weight excluding hydrogens is 304 g/mol. The highest BCUT2D eigenvalue weighted by atomic mass is 16.5. The van der Waals surface area contributed by atoms with E-state index in [-0.39, 0.29) is 0 Å². The molecule has 2 aromatic carbocycles. The van der Waals surface area contributed by atoms with Gasteiger partial charge in [0.2, 0.25) is 0 Å². The molecule has 1 unspecified atom stereocenters. The lowest BCUT2D eigenvalue weighted by Crippen LogP contribution is -2.13. The third kappa shape index (κ3) is 4.75. The van der Waals surface area contributed by atoms with Crippen LogP contribution in [0.3, 0.4) is 0 Å². The van der Waals surface area contributed by atoms with Crippen molar-refractivity contribution in [3.63, 3.8) is 0 Å². The van der Waals surface area contributed by atoms with Crippen LogP contribution in [0, 0.1) is 0 Å². The first kappa shape index (κ1) is 17.8. The largest absolute Gasteiger partial charge is 0.493 e. The zero-order valence-electron chi connectivity index (χ0n) is 15.6. The fourth-order valence-corrected chi connectivity index (χ4v) is 3.76. The van der Waals surface area contributed by atoms with E-state index in [1.165, 1.54) is 41.5 Å². The highest BCUT2D eigenvalue weighted by Gasteiger charge is 2.20. The maximum absolute atomic E-state index is 5.87. The maximum Gasteiger partial charge on any atom is 0.119 e. The number of fused-ring (bicyclic) bond motifs is 1. The maximum atomic E-state index is 5.87. The van der Waals surface area contributed by atoms with Gasteiger partial charge in [0, 0.05) is 0 Å². The molecule has 132 valence electrons. The first-order chi connectivity index (χ1) is 12.3. The van der Waals surface area contributed by atoms with Crippen molar-refractivity contribution in [2.45, 2.75) is 58.3 Å². The van der Waals surface area contributed by atoms with E-state index in [0.29, 0.717) is 5.92 Å². The Kier molecular flexibility index (Phi) is 6.33. The molecule has 0 aliphatic heterocycles. The van der Waals surface area contributed by atoms with Crippen molar-refractivity contribution in [3.05, 3.63) is 76.9 Å². The monoisotopic (exact) mass is 334 g/mol. The van der Waals surface area contributed by atoms with Gasteiger partial charge in [0.25, 0.3) is 0 Å². The second-order valence-electron chi connectivity index (χ2n) is 7.07. The second kappa shape index (κ2) is 8.89. The molecule has 0 saturated heterocycles. The molecule has 0 bridgehead atoms. The van der Waals surface area contributed by atoms with Gasteiger partial charge in [-0.3, -0.25) is 0 Å². The molecule has 1 aliphatic carbocycles. The van der Waals surface area contributed by atoms with Crippen LogP contribution >= 0.6 is 0 Å². The van der Waals surface area contributed by atoms with Crippen molar-refractivity contribution >= 4 is 0 Å². The minimum absolute atomic E-state index is 0.657. The highest BCUT2D eigenvalue weighted by molar-refractivity contribution is 5.40. The van der Waals surface area contributed by atoms with E-state index >= 15 is 0 Å². The van der Waals surface area contributed by atoms with Gasteiger partial charge >= 0.3 is 0 Å². The lowest BCUT2D eigenvalue weighted by atomic mass is 9.80. The van der Waals surface area contributed by atoms with Crippen molar-refractivity contribution in [2.75, 3.05) is 6.61 Å². The quantitative estimate of drug-likeness (QED) is 0.429. The molecule has 1 heteroatoms. The van der Waals surface area contributed by atoms with Gasteiger partial charge in [0.1, 0.15) is 5.75 Å². The smallest absolute Gasteiger partial charge is 0.119 e. The molecular formula is C24H30O. The van der Waals surface area contributed by atoms with Crippen molar-refractivity contribution in [1.82, 2.24) is 0 Å². The summed E-state index contributed by atoms with van der Waals surface area (Å²) < 4.78 is 5.87. The summed E-state index contributed by atoms with van der Waals surface area (Å²) in [5, 5.41) is 0. The molecule has 0 heterocycles. The molecule has 2 aromatic rings. The van der Waals surface area contributed by atoms with Crippen LogP contribution in [0.5, 0.6) is 5.75 Å². The van der Waals surface area contributed by atoms with Gasteiger partial charge in [-0.25, -0.2) is 0 Å². The fraction of sp³-hybridized carbons (Fsp3) is 0.417.